The van der Waals surface area contributed by atoms with Gasteiger partial charge >= 0.3 is 0 Å². The SMILES string of the molecule is CCOC(OC)c1ccc(Nc2ccccc2)cc1. The van der Waals surface area contributed by atoms with E-state index in [9.17, 15) is 0 Å². The molecular weight excluding hydrogens is 238 g/mol. The van der Waals surface area contributed by atoms with Gasteiger partial charge in [0.05, 0.1) is 0 Å². The molecule has 0 aliphatic heterocycles. The zero-order valence-corrected chi connectivity index (χ0v) is 11.3. The quantitative estimate of drug-likeness (QED) is 0.790. The van der Waals surface area contributed by atoms with Crippen molar-refractivity contribution < 1.29 is 9.47 Å². The van der Waals surface area contributed by atoms with Gasteiger partial charge in [0.25, 0.3) is 0 Å². The molecule has 3 heteroatoms. The van der Waals surface area contributed by atoms with Crippen molar-refractivity contribution in [2.75, 3.05) is 19.0 Å². The Labute approximate surface area is 114 Å². The lowest BCUT2D eigenvalue weighted by molar-refractivity contribution is -0.124. The highest BCUT2D eigenvalue weighted by Gasteiger charge is 2.09. The van der Waals surface area contributed by atoms with E-state index >= 15 is 0 Å². The van der Waals surface area contributed by atoms with Gasteiger partial charge in [0.2, 0.25) is 0 Å². The predicted molar refractivity (Wildman–Crippen MR) is 77.5 cm³/mol. The van der Waals surface area contributed by atoms with Crippen LogP contribution in [0.25, 0.3) is 0 Å². The Balaban J connectivity index is 2.06. The zero-order valence-electron chi connectivity index (χ0n) is 11.3. The van der Waals surface area contributed by atoms with Crippen molar-refractivity contribution in [2.45, 2.75) is 13.2 Å². The smallest absolute Gasteiger partial charge is 0.183 e. The van der Waals surface area contributed by atoms with Gasteiger partial charge in [0.15, 0.2) is 6.29 Å². The fourth-order valence-electron chi connectivity index (χ4n) is 1.86. The molecule has 0 heterocycles. The maximum atomic E-state index is 5.49. The van der Waals surface area contributed by atoms with Crippen LogP contribution in [-0.4, -0.2) is 13.7 Å². The van der Waals surface area contributed by atoms with Crippen molar-refractivity contribution >= 4 is 11.4 Å². The number of anilines is 2. The molecule has 0 aliphatic rings. The summed E-state index contributed by atoms with van der Waals surface area (Å²) in [4.78, 5) is 0. The van der Waals surface area contributed by atoms with E-state index < -0.39 is 0 Å². The Kier molecular flexibility index (Phi) is 4.95. The van der Waals surface area contributed by atoms with E-state index in [2.05, 4.69) is 5.32 Å². The first-order chi connectivity index (χ1) is 9.33. The van der Waals surface area contributed by atoms with Crippen LogP contribution in [0.5, 0.6) is 0 Å². The number of para-hydroxylation sites is 1. The Hall–Kier alpha value is -1.84. The van der Waals surface area contributed by atoms with Crippen LogP contribution >= 0.6 is 0 Å². The number of benzene rings is 2. The highest BCUT2D eigenvalue weighted by atomic mass is 16.7. The second kappa shape index (κ2) is 6.92. The molecule has 0 aromatic heterocycles. The molecule has 1 atom stereocenters. The van der Waals surface area contributed by atoms with Gasteiger partial charge < -0.3 is 14.8 Å². The first-order valence-corrected chi connectivity index (χ1v) is 6.40. The number of hydrogen-bond donors (Lipinski definition) is 1. The van der Waals surface area contributed by atoms with Crippen LogP contribution in [0.3, 0.4) is 0 Å². The van der Waals surface area contributed by atoms with E-state index in [1.54, 1.807) is 7.11 Å². The first-order valence-electron chi connectivity index (χ1n) is 6.40. The number of hydrogen-bond acceptors (Lipinski definition) is 3. The summed E-state index contributed by atoms with van der Waals surface area (Å²) < 4.78 is 10.8. The molecule has 0 aliphatic carbocycles. The molecule has 0 spiro atoms. The van der Waals surface area contributed by atoms with E-state index in [1.165, 1.54) is 0 Å². The molecule has 100 valence electrons. The van der Waals surface area contributed by atoms with Gasteiger partial charge in [-0.25, -0.2) is 0 Å². The van der Waals surface area contributed by atoms with E-state index in [0.29, 0.717) is 6.61 Å². The van der Waals surface area contributed by atoms with Crippen LogP contribution in [0, 0.1) is 0 Å². The summed E-state index contributed by atoms with van der Waals surface area (Å²) in [7, 11) is 1.65. The second-order valence-corrected chi connectivity index (χ2v) is 4.14. The summed E-state index contributed by atoms with van der Waals surface area (Å²) >= 11 is 0. The Morgan fingerprint density at radius 2 is 1.58 bits per heavy atom. The van der Waals surface area contributed by atoms with Crippen molar-refractivity contribution in [1.29, 1.82) is 0 Å². The topological polar surface area (TPSA) is 30.5 Å². The van der Waals surface area contributed by atoms with Gasteiger partial charge in [-0.3, -0.25) is 0 Å². The lowest BCUT2D eigenvalue weighted by Crippen LogP contribution is -2.06. The van der Waals surface area contributed by atoms with Crippen molar-refractivity contribution in [1.82, 2.24) is 0 Å². The third-order valence-corrected chi connectivity index (χ3v) is 2.78. The minimum atomic E-state index is -0.296. The summed E-state index contributed by atoms with van der Waals surface area (Å²) in [5, 5.41) is 3.34. The predicted octanol–water partition coefficient (Wildman–Crippen LogP) is 4.11. The Morgan fingerprint density at radius 1 is 0.947 bits per heavy atom. The second-order valence-electron chi connectivity index (χ2n) is 4.14. The van der Waals surface area contributed by atoms with Crippen LogP contribution < -0.4 is 5.32 Å². The molecular formula is C16H19NO2. The normalized spacial score (nSPS) is 12.1. The molecule has 1 unspecified atom stereocenters. The number of methoxy groups -OCH3 is 1. The molecule has 3 nitrogen and oxygen atoms in total. The molecule has 19 heavy (non-hydrogen) atoms. The average Bonchev–Trinajstić information content (AvgIpc) is 2.47. The fraction of sp³-hybridized carbons (Fsp3) is 0.250. The Bertz CT molecular complexity index is 482. The average molecular weight is 257 g/mol. The van der Waals surface area contributed by atoms with Gasteiger partial charge in [-0.2, -0.15) is 0 Å². The minimum absolute atomic E-state index is 0.296. The third-order valence-electron chi connectivity index (χ3n) is 2.78. The van der Waals surface area contributed by atoms with Gasteiger partial charge in [-0.05, 0) is 31.2 Å². The van der Waals surface area contributed by atoms with E-state index in [0.717, 1.165) is 16.9 Å². The summed E-state index contributed by atoms with van der Waals surface area (Å²) in [6, 6.07) is 18.1. The van der Waals surface area contributed by atoms with E-state index in [1.807, 2.05) is 61.5 Å². The molecule has 1 N–H and O–H groups in total. The number of rotatable bonds is 6. The molecule has 2 aromatic carbocycles. The van der Waals surface area contributed by atoms with E-state index in [-0.39, 0.29) is 6.29 Å². The highest BCUT2D eigenvalue weighted by molar-refractivity contribution is 5.59. The monoisotopic (exact) mass is 257 g/mol. The zero-order chi connectivity index (χ0) is 13.5. The van der Waals surface area contributed by atoms with Crippen LogP contribution in [0.1, 0.15) is 18.8 Å². The number of nitrogens with one attached hydrogen (secondary N) is 1. The first kappa shape index (κ1) is 13.6. The molecule has 2 rings (SSSR count). The van der Waals surface area contributed by atoms with Gasteiger partial charge in [0.1, 0.15) is 0 Å². The minimum Gasteiger partial charge on any atom is -0.356 e. The lowest BCUT2D eigenvalue weighted by atomic mass is 10.2. The maximum Gasteiger partial charge on any atom is 0.183 e. The molecule has 0 amide bonds. The molecule has 0 saturated heterocycles. The fourth-order valence-corrected chi connectivity index (χ4v) is 1.86. The largest absolute Gasteiger partial charge is 0.356 e. The molecule has 0 bridgehead atoms. The summed E-state index contributed by atoms with van der Waals surface area (Å²) in [6.45, 7) is 2.58. The molecule has 2 aromatic rings. The molecule has 0 fully saturated rings. The summed E-state index contributed by atoms with van der Waals surface area (Å²) in [6.07, 6.45) is -0.296. The van der Waals surface area contributed by atoms with Crippen molar-refractivity contribution in [3.05, 3.63) is 60.2 Å². The lowest BCUT2D eigenvalue weighted by Gasteiger charge is -2.16. The van der Waals surface area contributed by atoms with E-state index in [4.69, 9.17) is 9.47 Å². The van der Waals surface area contributed by atoms with Crippen LogP contribution in [0.2, 0.25) is 0 Å². The molecule has 0 saturated carbocycles. The van der Waals surface area contributed by atoms with Crippen molar-refractivity contribution in [2.24, 2.45) is 0 Å². The maximum absolute atomic E-state index is 5.49. The summed E-state index contributed by atoms with van der Waals surface area (Å²) in [5.74, 6) is 0. The standard InChI is InChI=1S/C16H19NO2/c1-3-19-16(18-2)13-9-11-15(12-10-13)17-14-7-5-4-6-8-14/h4-12,16-17H,3H2,1-2H3. The van der Waals surface area contributed by atoms with Crippen LogP contribution in [0.15, 0.2) is 54.6 Å². The van der Waals surface area contributed by atoms with Crippen LogP contribution in [-0.2, 0) is 9.47 Å². The Morgan fingerprint density at radius 3 is 2.16 bits per heavy atom. The van der Waals surface area contributed by atoms with Crippen LogP contribution in [0.4, 0.5) is 11.4 Å². The van der Waals surface area contributed by atoms with Gasteiger partial charge in [-0.15, -0.1) is 0 Å². The summed E-state index contributed by atoms with van der Waals surface area (Å²) in [5.41, 5.74) is 3.13. The highest BCUT2D eigenvalue weighted by Crippen LogP contribution is 2.22. The molecule has 0 radical (unpaired) electrons. The van der Waals surface area contributed by atoms with Crippen molar-refractivity contribution in [3.8, 4) is 0 Å². The third kappa shape index (κ3) is 3.81. The number of ether oxygens (including phenoxy) is 2. The van der Waals surface area contributed by atoms with Gasteiger partial charge in [-0.1, -0.05) is 30.3 Å². The van der Waals surface area contributed by atoms with Gasteiger partial charge in [0, 0.05) is 30.7 Å². The van der Waals surface area contributed by atoms with Crippen molar-refractivity contribution in [3.63, 3.8) is 0 Å².